The first-order chi connectivity index (χ1) is 11.0. The maximum Gasteiger partial charge on any atom is 0.509 e. The molecular formula is C14H14BrFO6S. The summed E-state index contributed by atoms with van der Waals surface area (Å²) >= 11 is 4.21. The Morgan fingerprint density at radius 1 is 1.26 bits per heavy atom. The summed E-state index contributed by atoms with van der Waals surface area (Å²) in [5.41, 5.74) is 0.770. The minimum absolute atomic E-state index is 0.00449. The van der Waals surface area contributed by atoms with Crippen molar-refractivity contribution in [3.8, 4) is 0 Å². The van der Waals surface area contributed by atoms with E-state index >= 15 is 0 Å². The molecule has 4 atom stereocenters. The monoisotopic (exact) mass is 408 g/mol. The van der Waals surface area contributed by atoms with Crippen molar-refractivity contribution in [3.63, 3.8) is 0 Å². The SMILES string of the molecule is O=C(O)OC[C@H]1SC(Br)[C@@H](F)[C@@H]1OC(=O)OCc1ccccc1. The van der Waals surface area contributed by atoms with E-state index in [4.69, 9.17) is 14.6 Å². The average molecular weight is 409 g/mol. The first-order valence-electron chi connectivity index (χ1n) is 6.64. The van der Waals surface area contributed by atoms with Gasteiger partial charge in [-0.3, -0.25) is 0 Å². The molecular weight excluding hydrogens is 395 g/mol. The van der Waals surface area contributed by atoms with Crippen molar-refractivity contribution in [2.75, 3.05) is 6.61 Å². The molecule has 6 nitrogen and oxygen atoms in total. The van der Waals surface area contributed by atoms with Crippen LogP contribution in [-0.2, 0) is 20.8 Å². The highest BCUT2D eigenvalue weighted by atomic mass is 79.9. The van der Waals surface area contributed by atoms with Crippen molar-refractivity contribution in [1.29, 1.82) is 0 Å². The van der Waals surface area contributed by atoms with E-state index < -0.39 is 34.0 Å². The van der Waals surface area contributed by atoms with Gasteiger partial charge in [0.05, 0.1) is 9.41 Å². The number of rotatable bonds is 5. The lowest BCUT2D eigenvalue weighted by molar-refractivity contribution is -0.0104. The maximum absolute atomic E-state index is 14.1. The number of halogens is 2. The molecule has 1 saturated heterocycles. The van der Waals surface area contributed by atoms with Gasteiger partial charge in [-0.15, -0.1) is 11.8 Å². The normalized spacial score (nSPS) is 26.5. The Labute approximate surface area is 144 Å². The van der Waals surface area contributed by atoms with E-state index in [1.165, 1.54) is 0 Å². The van der Waals surface area contributed by atoms with Crippen molar-refractivity contribution in [1.82, 2.24) is 0 Å². The molecule has 0 spiro atoms. The highest BCUT2D eigenvalue weighted by Gasteiger charge is 2.47. The molecule has 9 heteroatoms. The number of thioether (sulfide) groups is 1. The first kappa shape index (κ1) is 17.9. The number of carbonyl (C=O) groups excluding carboxylic acids is 1. The van der Waals surface area contributed by atoms with Crippen molar-refractivity contribution >= 4 is 40.0 Å². The van der Waals surface area contributed by atoms with Crippen LogP contribution in [0.5, 0.6) is 0 Å². The molecule has 1 aliphatic heterocycles. The van der Waals surface area contributed by atoms with E-state index in [-0.39, 0.29) is 13.2 Å². The molecule has 126 valence electrons. The van der Waals surface area contributed by atoms with E-state index in [2.05, 4.69) is 20.7 Å². The predicted octanol–water partition coefficient (Wildman–Crippen LogP) is 3.58. The van der Waals surface area contributed by atoms with E-state index in [1.54, 1.807) is 24.3 Å². The van der Waals surface area contributed by atoms with Crippen LogP contribution in [0.15, 0.2) is 30.3 Å². The zero-order chi connectivity index (χ0) is 16.8. The van der Waals surface area contributed by atoms with E-state index in [1.807, 2.05) is 6.07 Å². The summed E-state index contributed by atoms with van der Waals surface area (Å²) in [6.07, 6.45) is -5.12. The van der Waals surface area contributed by atoms with Crippen LogP contribution in [0.25, 0.3) is 0 Å². The summed E-state index contributed by atoms with van der Waals surface area (Å²) in [6, 6.07) is 8.96. The fraction of sp³-hybridized carbons (Fsp3) is 0.429. The summed E-state index contributed by atoms with van der Waals surface area (Å²) in [7, 11) is 0. The Morgan fingerprint density at radius 3 is 2.61 bits per heavy atom. The highest BCUT2D eigenvalue weighted by Crippen LogP contribution is 2.41. The van der Waals surface area contributed by atoms with Gasteiger partial charge in [0.1, 0.15) is 13.2 Å². The Balaban J connectivity index is 1.87. The largest absolute Gasteiger partial charge is 0.509 e. The van der Waals surface area contributed by atoms with Gasteiger partial charge in [0.25, 0.3) is 0 Å². The van der Waals surface area contributed by atoms with Gasteiger partial charge in [0.15, 0.2) is 12.3 Å². The van der Waals surface area contributed by atoms with Crippen LogP contribution in [0.3, 0.4) is 0 Å². The quantitative estimate of drug-likeness (QED) is 0.588. The Kier molecular flexibility index (Phi) is 6.52. The van der Waals surface area contributed by atoms with Crippen LogP contribution < -0.4 is 0 Å². The molecule has 0 amide bonds. The molecule has 0 aliphatic carbocycles. The highest BCUT2D eigenvalue weighted by molar-refractivity contribution is 9.11. The van der Waals surface area contributed by atoms with Crippen molar-refractivity contribution in [3.05, 3.63) is 35.9 Å². The maximum atomic E-state index is 14.1. The van der Waals surface area contributed by atoms with Crippen LogP contribution in [0.4, 0.5) is 14.0 Å². The first-order valence-corrected chi connectivity index (χ1v) is 8.50. The molecule has 1 fully saturated rings. The molecule has 1 N–H and O–H groups in total. The van der Waals surface area contributed by atoms with Crippen molar-refractivity contribution in [2.24, 2.45) is 0 Å². The van der Waals surface area contributed by atoms with Crippen LogP contribution in [0.2, 0.25) is 0 Å². The van der Waals surface area contributed by atoms with Gasteiger partial charge < -0.3 is 19.3 Å². The second-order valence-corrected chi connectivity index (χ2v) is 7.63. The molecule has 2 rings (SSSR count). The number of ether oxygens (including phenoxy) is 3. The summed E-state index contributed by atoms with van der Waals surface area (Å²) in [4.78, 5) is 22.2. The minimum Gasteiger partial charge on any atom is -0.450 e. The topological polar surface area (TPSA) is 82.1 Å². The second kappa shape index (κ2) is 8.39. The van der Waals surface area contributed by atoms with Gasteiger partial charge in [-0.2, -0.15) is 0 Å². The summed E-state index contributed by atoms with van der Waals surface area (Å²) in [5.74, 6) is 0. The number of hydrogen-bond donors (Lipinski definition) is 1. The Hall–Kier alpha value is -1.48. The van der Waals surface area contributed by atoms with Crippen LogP contribution >= 0.6 is 27.7 Å². The third-order valence-electron chi connectivity index (χ3n) is 3.04. The number of hydrogen-bond acceptors (Lipinski definition) is 6. The van der Waals surface area contributed by atoms with Crippen LogP contribution in [0.1, 0.15) is 5.56 Å². The molecule has 0 bridgehead atoms. The van der Waals surface area contributed by atoms with Crippen molar-refractivity contribution in [2.45, 2.75) is 28.3 Å². The number of benzene rings is 1. The smallest absolute Gasteiger partial charge is 0.450 e. The fourth-order valence-electron chi connectivity index (χ4n) is 1.96. The summed E-state index contributed by atoms with van der Waals surface area (Å²) < 4.78 is 27.8. The van der Waals surface area contributed by atoms with E-state index in [0.717, 1.165) is 17.3 Å². The van der Waals surface area contributed by atoms with Gasteiger partial charge in [0, 0.05) is 0 Å². The molecule has 23 heavy (non-hydrogen) atoms. The third-order valence-corrected chi connectivity index (χ3v) is 5.46. The Bertz CT molecular complexity index is 545. The van der Waals surface area contributed by atoms with E-state index in [9.17, 15) is 14.0 Å². The molecule has 0 saturated carbocycles. The Morgan fingerprint density at radius 2 is 1.96 bits per heavy atom. The fourth-order valence-corrected chi connectivity index (χ4v) is 4.24. The lowest BCUT2D eigenvalue weighted by atomic mass is 10.2. The van der Waals surface area contributed by atoms with Crippen LogP contribution in [0, 0.1) is 0 Å². The predicted molar refractivity (Wildman–Crippen MR) is 84.5 cm³/mol. The molecule has 1 heterocycles. The lowest BCUT2D eigenvalue weighted by Gasteiger charge is -2.19. The average Bonchev–Trinajstić information content (AvgIpc) is 2.80. The zero-order valence-corrected chi connectivity index (χ0v) is 14.2. The van der Waals surface area contributed by atoms with Gasteiger partial charge in [0.2, 0.25) is 0 Å². The molecule has 0 radical (unpaired) electrons. The van der Waals surface area contributed by atoms with Crippen molar-refractivity contribution < 1.29 is 33.3 Å². The third kappa shape index (κ3) is 5.28. The lowest BCUT2D eigenvalue weighted by Crippen LogP contribution is -2.36. The minimum atomic E-state index is -1.49. The van der Waals surface area contributed by atoms with E-state index in [0.29, 0.717) is 0 Å². The van der Waals surface area contributed by atoms with Gasteiger partial charge in [-0.1, -0.05) is 46.3 Å². The van der Waals surface area contributed by atoms with Crippen LogP contribution in [-0.4, -0.2) is 45.7 Å². The summed E-state index contributed by atoms with van der Waals surface area (Å²) in [6.45, 7) is -0.274. The molecule has 1 aromatic carbocycles. The van der Waals surface area contributed by atoms with Gasteiger partial charge in [-0.25, -0.2) is 14.0 Å². The number of carbonyl (C=O) groups is 2. The zero-order valence-electron chi connectivity index (χ0n) is 11.8. The number of carboxylic acid groups (broad SMARTS) is 1. The second-order valence-electron chi connectivity index (χ2n) is 4.65. The molecule has 0 aromatic heterocycles. The number of alkyl halides is 2. The molecule has 1 unspecified atom stereocenters. The standard InChI is InChI=1S/C14H14BrFO6S/c15-12-10(16)11(9(23-12)7-20-13(17)18)22-14(19)21-6-8-4-2-1-3-5-8/h1-5,9-12H,6-7H2,(H,17,18)/t9-,10+,11-,12?/m1/s1. The van der Waals surface area contributed by atoms with Gasteiger partial charge in [-0.05, 0) is 5.56 Å². The molecule has 1 aliphatic rings. The van der Waals surface area contributed by atoms with Gasteiger partial charge >= 0.3 is 12.3 Å². The summed E-state index contributed by atoms with van der Waals surface area (Å²) in [5, 5.41) is 7.87. The molecule has 1 aromatic rings.